The van der Waals surface area contributed by atoms with E-state index in [4.69, 9.17) is 0 Å². The number of hydrogen-bond acceptors (Lipinski definition) is 1. The van der Waals surface area contributed by atoms with Gasteiger partial charge in [-0.3, -0.25) is 0 Å². The van der Waals surface area contributed by atoms with Crippen molar-refractivity contribution in [1.82, 2.24) is 0 Å². The molecule has 1 aliphatic rings. The minimum Gasteiger partial charge on any atom is -0.355 e. The lowest BCUT2D eigenvalue weighted by Gasteiger charge is -2.12. The first-order chi connectivity index (χ1) is 11.4. The van der Waals surface area contributed by atoms with E-state index < -0.39 is 0 Å². The number of benzene rings is 3. The van der Waals surface area contributed by atoms with Crippen molar-refractivity contribution in [2.24, 2.45) is 0 Å². The lowest BCUT2D eigenvalue weighted by Crippen LogP contribution is -1.93. The highest BCUT2D eigenvalue weighted by Gasteiger charge is 2.04. The molecule has 4 rings (SSSR count). The van der Waals surface area contributed by atoms with Crippen LogP contribution < -0.4 is 5.32 Å². The molecule has 0 unspecified atom stereocenters. The van der Waals surface area contributed by atoms with Crippen molar-refractivity contribution in [3.05, 3.63) is 90.5 Å². The summed E-state index contributed by atoms with van der Waals surface area (Å²) < 4.78 is 0. The molecule has 0 bridgehead atoms. The van der Waals surface area contributed by atoms with Crippen LogP contribution in [0.3, 0.4) is 0 Å². The van der Waals surface area contributed by atoms with Gasteiger partial charge in [-0.1, -0.05) is 66.8 Å². The monoisotopic (exact) mass is 297 g/mol. The molecule has 0 saturated carbocycles. The Kier molecular flexibility index (Phi) is 3.69. The Hall–Kier alpha value is -2.80. The van der Waals surface area contributed by atoms with E-state index in [1.165, 1.54) is 21.9 Å². The fourth-order valence-electron chi connectivity index (χ4n) is 3.09. The number of hydrogen-bond donors (Lipinski definition) is 1. The highest BCUT2D eigenvalue weighted by Crippen LogP contribution is 2.28. The number of fused-ring (bicyclic) bond motifs is 1. The summed E-state index contributed by atoms with van der Waals surface area (Å²) in [5, 5.41) is 6.08. The van der Waals surface area contributed by atoms with Crippen LogP contribution in [0.25, 0.3) is 16.3 Å². The van der Waals surface area contributed by atoms with E-state index in [0.717, 1.165) is 24.2 Å². The largest absolute Gasteiger partial charge is 0.355 e. The molecule has 0 atom stereocenters. The maximum absolute atomic E-state index is 3.58. The lowest BCUT2D eigenvalue weighted by atomic mass is 9.99. The van der Waals surface area contributed by atoms with Gasteiger partial charge in [0.15, 0.2) is 0 Å². The standard InChI is InChI=1S/C22H19N/c1-2-8-17(9-3-1)19-12-6-13-20(16-19)23-22-15-7-11-18-10-4-5-14-21(18)22/h2,4-16,23H,1,3H2. The zero-order chi connectivity index (χ0) is 15.5. The third kappa shape index (κ3) is 2.91. The molecule has 0 spiro atoms. The Bertz CT molecular complexity index is 897. The normalized spacial score (nSPS) is 13.8. The highest BCUT2D eigenvalue weighted by atomic mass is 14.9. The molecule has 0 fully saturated rings. The molecule has 0 radical (unpaired) electrons. The number of anilines is 2. The molecule has 1 nitrogen and oxygen atoms in total. The topological polar surface area (TPSA) is 12.0 Å². The highest BCUT2D eigenvalue weighted by molar-refractivity contribution is 5.95. The zero-order valence-corrected chi connectivity index (χ0v) is 13.0. The molecule has 1 N–H and O–H groups in total. The minimum atomic E-state index is 1.12. The van der Waals surface area contributed by atoms with Crippen LogP contribution in [-0.4, -0.2) is 0 Å². The van der Waals surface area contributed by atoms with E-state index in [2.05, 4.69) is 90.3 Å². The summed E-state index contributed by atoms with van der Waals surface area (Å²) in [5.41, 5.74) is 4.86. The average molecular weight is 297 g/mol. The number of rotatable bonds is 3. The third-order valence-corrected chi connectivity index (χ3v) is 4.26. The third-order valence-electron chi connectivity index (χ3n) is 4.26. The van der Waals surface area contributed by atoms with Crippen LogP contribution in [-0.2, 0) is 0 Å². The molecule has 1 heteroatoms. The Morgan fingerprint density at radius 1 is 0.783 bits per heavy atom. The van der Waals surface area contributed by atoms with Gasteiger partial charge in [0.2, 0.25) is 0 Å². The molecule has 1 aliphatic carbocycles. The maximum Gasteiger partial charge on any atom is 0.0463 e. The van der Waals surface area contributed by atoms with Gasteiger partial charge in [-0.05, 0) is 47.6 Å². The Morgan fingerprint density at radius 2 is 1.65 bits per heavy atom. The first-order valence-electron chi connectivity index (χ1n) is 8.12. The fourth-order valence-corrected chi connectivity index (χ4v) is 3.09. The molecule has 0 saturated heterocycles. The molecule has 0 aliphatic heterocycles. The van der Waals surface area contributed by atoms with Crippen molar-refractivity contribution < 1.29 is 0 Å². The Labute approximate surface area is 137 Å². The molecular weight excluding hydrogens is 278 g/mol. The van der Waals surface area contributed by atoms with E-state index >= 15 is 0 Å². The van der Waals surface area contributed by atoms with Gasteiger partial charge in [0.25, 0.3) is 0 Å². The quantitative estimate of drug-likeness (QED) is 0.596. The van der Waals surface area contributed by atoms with Gasteiger partial charge in [-0.2, -0.15) is 0 Å². The lowest BCUT2D eigenvalue weighted by molar-refractivity contribution is 1.04. The van der Waals surface area contributed by atoms with Crippen LogP contribution in [0.15, 0.2) is 85.0 Å². The van der Waals surface area contributed by atoms with Crippen molar-refractivity contribution in [3.63, 3.8) is 0 Å². The van der Waals surface area contributed by atoms with Gasteiger partial charge in [0.1, 0.15) is 0 Å². The van der Waals surface area contributed by atoms with Crippen LogP contribution in [0.1, 0.15) is 18.4 Å². The van der Waals surface area contributed by atoms with Gasteiger partial charge in [0, 0.05) is 16.8 Å². The predicted molar refractivity (Wildman–Crippen MR) is 100 cm³/mol. The Morgan fingerprint density at radius 3 is 2.57 bits per heavy atom. The minimum absolute atomic E-state index is 1.12. The molecule has 3 aromatic carbocycles. The van der Waals surface area contributed by atoms with Crippen LogP contribution in [0.5, 0.6) is 0 Å². The SMILES string of the molecule is C1=CC(c2cccc(Nc3cccc4ccccc34)c2)=CCC1. The van der Waals surface area contributed by atoms with Crippen LogP contribution in [0, 0.1) is 0 Å². The summed E-state index contributed by atoms with van der Waals surface area (Å²) in [5.74, 6) is 0. The summed E-state index contributed by atoms with van der Waals surface area (Å²) in [6, 6.07) is 23.5. The first-order valence-corrected chi connectivity index (χ1v) is 8.12. The summed E-state index contributed by atoms with van der Waals surface area (Å²) in [7, 11) is 0. The van der Waals surface area contributed by atoms with Crippen molar-refractivity contribution in [1.29, 1.82) is 0 Å². The smallest absolute Gasteiger partial charge is 0.0463 e. The molecule has 0 amide bonds. The molecule has 112 valence electrons. The van der Waals surface area contributed by atoms with Crippen LogP contribution in [0.4, 0.5) is 11.4 Å². The van der Waals surface area contributed by atoms with E-state index in [-0.39, 0.29) is 0 Å². The maximum atomic E-state index is 3.58. The van der Waals surface area contributed by atoms with Crippen LogP contribution in [0.2, 0.25) is 0 Å². The molecular formula is C22H19N. The second kappa shape index (κ2) is 6.13. The summed E-state index contributed by atoms with van der Waals surface area (Å²) >= 11 is 0. The van der Waals surface area contributed by atoms with Crippen molar-refractivity contribution in [3.8, 4) is 0 Å². The molecule has 3 aromatic rings. The Balaban J connectivity index is 1.69. The second-order valence-corrected chi connectivity index (χ2v) is 5.87. The number of allylic oxidation sites excluding steroid dienone is 4. The van der Waals surface area contributed by atoms with Crippen molar-refractivity contribution >= 4 is 27.7 Å². The van der Waals surface area contributed by atoms with Gasteiger partial charge in [0.05, 0.1) is 0 Å². The second-order valence-electron chi connectivity index (χ2n) is 5.87. The summed E-state index contributed by atoms with van der Waals surface area (Å²) in [6.45, 7) is 0. The van der Waals surface area contributed by atoms with Crippen molar-refractivity contribution in [2.45, 2.75) is 12.8 Å². The van der Waals surface area contributed by atoms with E-state index in [1.54, 1.807) is 0 Å². The van der Waals surface area contributed by atoms with Gasteiger partial charge in [-0.15, -0.1) is 0 Å². The summed E-state index contributed by atoms with van der Waals surface area (Å²) in [4.78, 5) is 0. The van der Waals surface area contributed by atoms with Crippen LogP contribution >= 0.6 is 0 Å². The average Bonchev–Trinajstić information content (AvgIpc) is 2.63. The van der Waals surface area contributed by atoms with Gasteiger partial charge >= 0.3 is 0 Å². The first kappa shape index (κ1) is 13.8. The van der Waals surface area contributed by atoms with E-state index in [0.29, 0.717) is 0 Å². The fraction of sp³-hybridized carbons (Fsp3) is 0.0909. The van der Waals surface area contributed by atoms with Gasteiger partial charge in [-0.25, -0.2) is 0 Å². The van der Waals surface area contributed by atoms with E-state index in [1.807, 2.05) is 0 Å². The predicted octanol–water partition coefficient (Wildman–Crippen LogP) is 6.32. The molecule has 0 heterocycles. The summed E-state index contributed by atoms with van der Waals surface area (Å²) in [6.07, 6.45) is 9.07. The molecule has 0 aromatic heterocycles. The van der Waals surface area contributed by atoms with Crippen molar-refractivity contribution in [2.75, 3.05) is 5.32 Å². The zero-order valence-electron chi connectivity index (χ0n) is 13.0. The number of nitrogens with one attached hydrogen (secondary N) is 1. The molecule has 23 heavy (non-hydrogen) atoms. The van der Waals surface area contributed by atoms with Gasteiger partial charge < -0.3 is 5.32 Å². The van der Waals surface area contributed by atoms with E-state index in [9.17, 15) is 0 Å².